The van der Waals surface area contributed by atoms with Crippen molar-refractivity contribution in [3.8, 4) is 0 Å². The van der Waals surface area contributed by atoms with E-state index >= 15 is 0 Å². The quantitative estimate of drug-likeness (QED) is 0.794. The number of carbonyl (C=O) groups is 1. The van der Waals surface area contributed by atoms with E-state index in [4.69, 9.17) is 14.9 Å². The number of aliphatic carboxylic acids is 1. The minimum Gasteiger partial charge on any atom is -0.480 e. The highest BCUT2D eigenvalue weighted by molar-refractivity contribution is 5.82. The van der Waals surface area contributed by atoms with Crippen LogP contribution in [-0.4, -0.2) is 24.2 Å². The molecule has 16 heavy (non-hydrogen) atoms. The van der Waals surface area contributed by atoms with E-state index in [0.717, 1.165) is 5.56 Å². The van der Waals surface area contributed by atoms with Crippen molar-refractivity contribution < 1.29 is 19.1 Å². The molecule has 0 saturated heterocycles. The number of carboxylic acids is 1. The van der Waals surface area contributed by atoms with Crippen LogP contribution in [0.2, 0.25) is 0 Å². The minimum atomic E-state index is -0.948. The van der Waals surface area contributed by atoms with Crippen LogP contribution in [0.25, 0.3) is 0 Å². The third kappa shape index (κ3) is 1.52. The van der Waals surface area contributed by atoms with E-state index in [1.165, 1.54) is 6.26 Å². The van der Waals surface area contributed by atoms with Gasteiger partial charge < -0.3 is 20.0 Å². The molecule has 0 unspecified atom stereocenters. The maximum atomic E-state index is 11.3. The van der Waals surface area contributed by atoms with E-state index < -0.39 is 11.4 Å². The number of carboxylic acid groups (broad SMARTS) is 1. The summed E-state index contributed by atoms with van der Waals surface area (Å²) >= 11 is 0. The van der Waals surface area contributed by atoms with E-state index in [9.17, 15) is 9.90 Å². The lowest BCUT2D eigenvalue weighted by molar-refractivity contribution is -0.149. The SMILES string of the molecule is COCc1ccoc1C1(C(=O)O)CC(N)C1. The van der Waals surface area contributed by atoms with E-state index in [2.05, 4.69) is 0 Å². The van der Waals surface area contributed by atoms with Gasteiger partial charge in [-0.1, -0.05) is 0 Å². The molecule has 1 saturated carbocycles. The predicted molar refractivity (Wildman–Crippen MR) is 55.9 cm³/mol. The monoisotopic (exact) mass is 225 g/mol. The van der Waals surface area contributed by atoms with E-state index in [1.807, 2.05) is 0 Å². The molecule has 0 spiro atoms. The van der Waals surface area contributed by atoms with Gasteiger partial charge >= 0.3 is 5.97 Å². The van der Waals surface area contributed by atoms with Gasteiger partial charge in [-0.3, -0.25) is 4.79 Å². The summed E-state index contributed by atoms with van der Waals surface area (Å²) in [6.07, 6.45) is 2.34. The Morgan fingerprint density at radius 2 is 2.44 bits per heavy atom. The van der Waals surface area contributed by atoms with Gasteiger partial charge in [0, 0.05) is 18.7 Å². The molecular weight excluding hydrogens is 210 g/mol. The Hall–Kier alpha value is -1.33. The normalized spacial score (nSPS) is 28.8. The molecule has 5 nitrogen and oxygen atoms in total. The molecule has 0 radical (unpaired) electrons. The van der Waals surface area contributed by atoms with Crippen molar-refractivity contribution in [2.24, 2.45) is 5.73 Å². The molecule has 0 bridgehead atoms. The minimum absolute atomic E-state index is 0.0587. The summed E-state index contributed by atoms with van der Waals surface area (Å²) in [5.41, 5.74) is 5.53. The summed E-state index contributed by atoms with van der Waals surface area (Å²) in [6, 6.07) is 1.68. The van der Waals surface area contributed by atoms with Gasteiger partial charge in [0.2, 0.25) is 0 Å². The molecule has 1 heterocycles. The molecule has 0 atom stereocenters. The second kappa shape index (κ2) is 3.92. The zero-order valence-electron chi connectivity index (χ0n) is 9.10. The first-order valence-electron chi connectivity index (χ1n) is 5.15. The summed E-state index contributed by atoms with van der Waals surface area (Å²) in [5, 5.41) is 9.31. The number of rotatable bonds is 4. The first-order valence-corrected chi connectivity index (χ1v) is 5.15. The van der Waals surface area contributed by atoms with Crippen LogP contribution < -0.4 is 5.73 Å². The summed E-state index contributed by atoms with van der Waals surface area (Å²) in [7, 11) is 1.57. The Bertz CT molecular complexity index is 392. The Morgan fingerprint density at radius 1 is 1.75 bits per heavy atom. The number of furan rings is 1. The van der Waals surface area contributed by atoms with Crippen LogP contribution in [0.5, 0.6) is 0 Å². The van der Waals surface area contributed by atoms with Gasteiger partial charge in [-0.2, -0.15) is 0 Å². The lowest BCUT2D eigenvalue weighted by Gasteiger charge is -2.41. The van der Waals surface area contributed by atoms with Gasteiger partial charge in [0.15, 0.2) is 0 Å². The Labute approximate surface area is 93.2 Å². The van der Waals surface area contributed by atoms with Gasteiger partial charge in [0.25, 0.3) is 0 Å². The van der Waals surface area contributed by atoms with Crippen LogP contribution in [0.15, 0.2) is 16.7 Å². The fourth-order valence-corrected chi connectivity index (χ4v) is 2.32. The van der Waals surface area contributed by atoms with Crippen LogP contribution >= 0.6 is 0 Å². The summed E-state index contributed by atoms with van der Waals surface area (Å²) < 4.78 is 10.3. The van der Waals surface area contributed by atoms with Crippen LogP contribution in [0.3, 0.4) is 0 Å². The van der Waals surface area contributed by atoms with E-state index in [0.29, 0.717) is 25.2 Å². The van der Waals surface area contributed by atoms with Gasteiger partial charge in [-0.25, -0.2) is 0 Å². The van der Waals surface area contributed by atoms with Gasteiger partial charge in [-0.15, -0.1) is 0 Å². The maximum Gasteiger partial charge on any atom is 0.317 e. The fourth-order valence-electron chi connectivity index (χ4n) is 2.32. The molecule has 1 aromatic heterocycles. The molecule has 0 amide bonds. The molecule has 1 aliphatic rings. The number of nitrogens with two attached hydrogens (primary N) is 1. The Kier molecular flexibility index (Phi) is 2.73. The molecule has 1 aliphatic carbocycles. The van der Waals surface area contributed by atoms with Crippen LogP contribution in [0.1, 0.15) is 24.2 Å². The summed E-state index contributed by atoms with van der Waals surface area (Å²) in [6.45, 7) is 0.357. The molecule has 0 aromatic carbocycles. The average molecular weight is 225 g/mol. The van der Waals surface area contributed by atoms with Crippen LogP contribution in [-0.2, 0) is 21.6 Å². The van der Waals surface area contributed by atoms with Crippen molar-refractivity contribution in [2.75, 3.05) is 7.11 Å². The zero-order chi connectivity index (χ0) is 11.8. The lowest BCUT2D eigenvalue weighted by Crippen LogP contribution is -2.54. The molecular formula is C11H15NO4. The van der Waals surface area contributed by atoms with Crippen LogP contribution in [0, 0.1) is 0 Å². The molecule has 88 valence electrons. The van der Waals surface area contributed by atoms with E-state index in [1.54, 1.807) is 13.2 Å². The van der Waals surface area contributed by atoms with Crippen LogP contribution in [0.4, 0.5) is 0 Å². The number of hydrogen-bond donors (Lipinski definition) is 2. The average Bonchev–Trinajstić information content (AvgIpc) is 2.61. The van der Waals surface area contributed by atoms with Gasteiger partial charge in [0.05, 0.1) is 12.9 Å². The molecule has 5 heteroatoms. The first-order chi connectivity index (χ1) is 7.60. The molecule has 1 aromatic rings. The van der Waals surface area contributed by atoms with E-state index in [-0.39, 0.29) is 6.04 Å². The molecule has 3 N–H and O–H groups in total. The fraction of sp³-hybridized carbons (Fsp3) is 0.545. The second-order valence-corrected chi connectivity index (χ2v) is 4.26. The molecule has 0 aliphatic heterocycles. The molecule has 2 rings (SSSR count). The number of hydrogen-bond acceptors (Lipinski definition) is 4. The third-order valence-corrected chi connectivity index (χ3v) is 3.11. The predicted octanol–water partition coefficient (Wildman–Crippen LogP) is 0.869. The lowest BCUT2D eigenvalue weighted by atomic mass is 9.63. The van der Waals surface area contributed by atoms with Crippen molar-refractivity contribution in [3.05, 3.63) is 23.7 Å². The molecule has 1 fully saturated rings. The highest BCUT2D eigenvalue weighted by atomic mass is 16.5. The number of methoxy groups -OCH3 is 1. The van der Waals surface area contributed by atoms with Crippen molar-refractivity contribution >= 4 is 5.97 Å². The standard InChI is InChI=1S/C11H15NO4/c1-15-6-7-2-3-16-9(7)11(10(13)14)4-8(12)5-11/h2-3,8H,4-6,12H2,1H3,(H,13,14). The maximum absolute atomic E-state index is 11.3. The zero-order valence-corrected chi connectivity index (χ0v) is 9.10. The van der Waals surface area contributed by atoms with Crippen molar-refractivity contribution in [2.45, 2.75) is 30.9 Å². The topological polar surface area (TPSA) is 85.7 Å². The van der Waals surface area contributed by atoms with Crippen molar-refractivity contribution in [1.82, 2.24) is 0 Å². The summed E-state index contributed by atoms with van der Waals surface area (Å²) in [5.74, 6) is -0.384. The van der Waals surface area contributed by atoms with Crippen molar-refractivity contribution in [3.63, 3.8) is 0 Å². The smallest absolute Gasteiger partial charge is 0.317 e. The second-order valence-electron chi connectivity index (χ2n) is 4.26. The highest BCUT2D eigenvalue weighted by Crippen LogP contribution is 2.45. The summed E-state index contributed by atoms with van der Waals surface area (Å²) in [4.78, 5) is 11.3. The Balaban J connectivity index is 2.33. The van der Waals surface area contributed by atoms with Gasteiger partial charge in [0.1, 0.15) is 11.2 Å². The first kappa shape index (κ1) is 11.2. The third-order valence-electron chi connectivity index (χ3n) is 3.11. The Morgan fingerprint density at radius 3 is 2.94 bits per heavy atom. The highest BCUT2D eigenvalue weighted by Gasteiger charge is 2.53. The number of ether oxygens (including phenoxy) is 1. The van der Waals surface area contributed by atoms with Gasteiger partial charge in [-0.05, 0) is 18.9 Å². The largest absolute Gasteiger partial charge is 0.480 e. The van der Waals surface area contributed by atoms with Crippen molar-refractivity contribution in [1.29, 1.82) is 0 Å².